The topological polar surface area (TPSA) is 80.7 Å². The van der Waals surface area contributed by atoms with Crippen LogP contribution < -0.4 is 5.32 Å². The van der Waals surface area contributed by atoms with E-state index in [9.17, 15) is 4.79 Å². The summed E-state index contributed by atoms with van der Waals surface area (Å²) in [5.41, 5.74) is 3.56. The SMILES string of the molecule is CC1(C)Cc2nc(-c3ccncc3)ncc2[C@@H](NC(=O)c2ccncc2)C1. The quantitative estimate of drug-likeness (QED) is 0.775. The first kappa shape index (κ1) is 17.3. The molecule has 0 aromatic carbocycles. The van der Waals surface area contributed by atoms with Crippen molar-refractivity contribution >= 4 is 5.91 Å². The fraction of sp³-hybridized carbons (Fsp3) is 0.286. The number of fused-ring (bicyclic) bond motifs is 1. The van der Waals surface area contributed by atoms with Crippen LogP contribution in [0.25, 0.3) is 11.4 Å². The lowest BCUT2D eigenvalue weighted by atomic mass is 9.74. The molecule has 0 radical (unpaired) electrons. The predicted octanol–water partition coefficient (Wildman–Crippen LogP) is 3.38. The van der Waals surface area contributed by atoms with Gasteiger partial charge in [-0.1, -0.05) is 13.8 Å². The van der Waals surface area contributed by atoms with Crippen molar-refractivity contribution in [1.29, 1.82) is 0 Å². The Bertz CT molecular complexity index is 957. The summed E-state index contributed by atoms with van der Waals surface area (Å²) < 4.78 is 0. The van der Waals surface area contributed by atoms with Crippen LogP contribution in [0.3, 0.4) is 0 Å². The number of carbonyl (C=O) groups is 1. The summed E-state index contributed by atoms with van der Waals surface area (Å²) in [6.45, 7) is 4.41. The Kier molecular flexibility index (Phi) is 4.39. The molecule has 27 heavy (non-hydrogen) atoms. The fourth-order valence-corrected chi connectivity index (χ4v) is 3.56. The van der Waals surface area contributed by atoms with Crippen LogP contribution in [0.2, 0.25) is 0 Å². The van der Waals surface area contributed by atoms with Gasteiger partial charge in [0.15, 0.2) is 5.82 Å². The minimum atomic E-state index is -0.115. The maximum Gasteiger partial charge on any atom is 0.251 e. The van der Waals surface area contributed by atoms with E-state index in [1.54, 1.807) is 36.9 Å². The normalized spacial score (nSPS) is 17.8. The van der Waals surface area contributed by atoms with Crippen LogP contribution in [0.4, 0.5) is 0 Å². The van der Waals surface area contributed by atoms with Crippen molar-refractivity contribution in [3.8, 4) is 11.4 Å². The van der Waals surface area contributed by atoms with Crippen LogP contribution in [0, 0.1) is 5.41 Å². The van der Waals surface area contributed by atoms with E-state index >= 15 is 0 Å². The molecule has 0 spiro atoms. The highest BCUT2D eigenvalue weighted by atomic mass is 16.1. The van der Waals surface area contributed by atoms with E-state index in [4.69, 9.17) is 4.98 Å². The van der Waals surface area contributed by atoms with Crippen molar-refractivity contribution in [2.24, 2.45) is 5.41 Å². The average molecular weight is 359 g/mol. The van der Waals surface area contributed by atoms with Crippen molar-refractivity contribution in [2.45, 2.75) is 32.7 Å². The molecule has 1 N–H and O–H groups in total. The Morgan fingerprint density at radius 1 is 1.07 bits per heavy atom. The number of nitrogens with zero attached hydrogens (tertiary/aromatic N) is 4. The van der Waals surface area contributed by atoms with Gasteiger partial charge in [0.2, 0.25) is 0 Å². The van der Waals surface area contributed by atoms with Crippen LogP contribution in [-0.2, 0) is 6.42 Å². The van der Waals surface area contributed by atoms with Crippen molar-refractivity contribution in [2.75, 3.05) is 0 Å². The van der Waals surface area contributed by atoms with E-state index in [0.717, 1.165) is 29.7 Å². The van der Waals surface area contributed by atoms with Gasteiger partial charge in [-0.15, -0.1) is 0 Å². The molecule has 6 nitrogen and oxygen atoms in total. The van der Waals surface area contributed by atoms with Gasteiger partial charge in [-0.05, 0) is 42.5 Å². The number of carbonyl (C=O) groups excluding carboxylic acids is 1. The summed E-state index contributed by atoms with van der Waals surface area (Å²) in [4.78, 5) is 30.0. The largest absolute Gasteiger partial charge is 0.345 e. The van der Waals surface area contributed by atoms with E-state index in [-0.39, 0.29) is 17.4 Å². The molecule has 1 aliphatic rings. The fourth-order valence-electron chi connectivity index (χ4n) is 3.56. The third-order valence-electron chi connectivity index (χ3n) is 4.86. The molecule has 3 aromatic heterocycles. The lowest BCUT2D eigenvalue weighted by Gasteiger charge is -2.36. The number of aromatic nitrogens is 4. The van der Waals surface area contributed by atoms with Gasteiger partial charge in [-0.3, -0.25) is 14.8 Å². The smallest absolute Gasteiger partial charge is 0.251 e. The second-order valence-electron chi connectivity index (χ2n) is 7.64. The van der Waals surface area contributed by atoms with Crippen molar-refractivity contribution in [3.05, 3.63) is 72.1 Å². The highest BCUT2D eigenvalue weighted by Gasteiger charge is 2.34. The molecule has 0 fully saturated rings. The maximum absolute atomic E-state index is 12.6. The van der Waals surface area contributed by atoms with Crippen LogP contribution in [0.15, 0.2) is 55.2 Å². The van der Waals surface area contributed by atoms with Gasteiger partial charge in [-0.25, -0.2) is 9.97 Å². The summed E-state index contributed by atoms with van der Waals surface area (Å²) in [6.07, 6.45) is 10.3. The minimum Gasteiger partial charge on any atom is -0.345 e. The number of amides is 1. The number of pyridine rings is 2. The molecule has 3 heterocycles. The molecule has 0 saturated heterocycles. The zero-order valence-electron chi connectivity index (χ0n) is 15.4. The lowest BCUT2D eigenvalue weighted by molar-refractivity contribution is 0.0919. The number of hydrogen-bond donors (Lipinski definition) is 1. The summed E-state index contributed by atoms with van der Waals surface area (Å²) in [7, 11) is 0. The van der Waals surface area contributed by atoms with E-state index in [0.29, 0.717) is 11.4 Å². The first-order valence-electron chi connectivity index (χ1n) is 8.99. The van der Waals surface area contributed by atoms with Crippen molar-refractivity contribution < 1.29 is 4.79 Å². The molecular formula is C21H21N5O. The van der Waals surface area contributed by atoms with Crippen LogP contribution in [-0.4, -0.2) is 25.8 Å². The average Bonchev–Trinajstić information content (AvgIpc) is 2.68. The highest BCUT2D eigenvalue weighted by molar-refractivity contribution is 5.94. The van der Waals surface area contributed by atoms with Crippen LogP contribution >= 0.6 is 0 Å². The van der Waals surface area contributed by atoms with Crippen molar-refractivity contribution in [3.63, 3.8) is 0 Å². The predicted molar refractivity (Wildman–Crippen MR) is 102 cm³/mol. The van der Waals surface area contributed by atoms with Crippen molar-refractivity contribution in [1.82, 2.24) is 25.3 Å². The third-order valence-corrected chi connectivity index (χ3v) is 4.86. The summed E-state index contributed by atoms with van der Waals surface area (Å²) >= 11 is 0. The summed E-state index contributed by atoms with van der Waals surface area (Å²) in [5.74, 6) is 0.581. The third kappa shape index (κ3) is 3.69. The second-order valence-corrected chi connectivity index (χ2v) is 7.64. The zero-order valence-corrected chi connectivity index (χ0v) is 15.4. The number of nitrogens with one attached hydrogen (secondary N) is 1. The Labute approximate surface area is 158 Å². The monoisotopic (exact) mass is 359 g/mol. The molecule has 0 saturated carbocycles. The Morgan fingerprint density at radius 2 is 1.74 bits per heavy atom. The molecule has 1 amide bonds. The minimum absolute atomic E-state index is 0.0348. The van der Waals surface area contributed by atoms with Gasteiger partial charge < -0.3 is 5.32 Å². The summed E-state index contributed by atoms with van der Waals surface area (Å²) in [5, 5.41) is 3.15. The standard InChI is InChI=1S/C21H21N5O/c1-21(2)11-17-16(13-24-19(25-17)14-3-7-22-8-4-14)18(12-21)26-20(27)15-5-9-23-10-6-15/h3-10,13,18H,11-12H2,1-2H3,(H,26,27)/t18-/m0/s1. The molecule has 4 rings (SSSR count). The maximum atomic E-state index is 12.6. The van der Waals surface area contributed by atoms with E-state index in [1.165, 1.54) is 0 Å². The Balaban J connectivity index is 1.66. The van der Waals surface area contributed by atoms with E-state index in [2.05, 4.69) is 34.1 Å². The molecule has 3 aromatic rings. The number of hydrogen-bond acceptors (Lipinski definition) is 5. The number of rotatable bonds is 3. The molecular weight excluding hydrogens is 338 g/mol. The Hall–Kier alpha value is -3.15. The van der Waals surface area contributed by atoms with E-state index in [1.807, 2.05) is 18.3 Å². The molecule has 136 valence electrons. The summed E-state index contributed by atoms with van der Waals surface area (Å²) in [6, 6.07) is 7.12. The first-order valence-corrected chi connectivity index (χ1v) is 8.99. The first-order chi connectivity index (χ1) is 13.0. The van der Waals surface area contributed by atoms with Crippen LogP contribution in [0.5, 0.6) is 0 Å². The van der Waals surface area contributed by atoms with Gasteiger partial charge in [0.25, 0.3) is 5.91 Å². The molecule has 0 unspecified atom stereocenters. The molecule has 1 aliphatic carbocycles. The molecule has 0 bridgehead atoms. The Morgan fingerprint density at radius 3 is 2.44 bits per heavy atom. The van der Waals surface area contributed by atoms with Gasteiger partial charge in [-0.2, -0.15) is 0 Å². The molecule has 0 aliphatic heterocycles. The lowest BCUT2D eigenvalue weighted by Crippen LogP contribution is -2.37. The zero-order chi connectivity index (χ0) is 18.9. The van der Waals surface area contributed by atoms with Gasteiger partial charge in [0.1, 0.15) is 0 Å². The van der Waals surface area contributed by atoms with E-state index < -0.39 is 0 Å². The van der Waals surface area contributed by atoms with Gasteiger partial charge >= 0.3 is 0 Å². The van der Waals surface area contributed by atoms with Gasteiger partial charge in [0, 0.05) is 47.7 Å². The molecule has 6 heteroatoms. The second kappa shape index (κ2) is 6.87. The molecule has 1 atom stereocenters. The van der Waals surface area contributed by atoms with Gasteiger partial charge in [0.05, 0.1) is 11.7 Å². The van der Waals surface area contributed by atoms with Crippen LogP contribution in [0.1, 0.15) is 47.9 Å². The highest BCUT2D eigenvalue weighted by Crippen LogP contribution is 2.40.